The molecule has 1 aliphatic carbocycles. The van der Waals surface area contributed by atoms with Gasteiger partial charge in [0.2, 0.25) is 5.95 Å². The number of nitrogens with zero attached hydrogens (tertiary/aromatic N) is 3. The summed E-state index contributed by atoms with van der Waals surface area (Å²) in [6, 6.07) is 10.4. The molecule has 0 radical (unpaired) electrons. The van der Waals surface area contributed by atoms with Gasteiger partial charge in [-0.2, -0.15) is 10.1 Å². The summed E-state index contributed by atoms with van der Waals surface area (Å²) in [5.41, 5.74) is 3.00. The Morgan fingerprint density at radius 3 is 2.79 bits per heavy atom. The Kier molecular flexibility index (Phi) is 4.20. The maximum atomic E-state index is 13.2. The van der Waals surface area contributed by atoms with Crippen LogP contribution in [0.2, 0.25) is 0 Å². The van der Waals surface area contributed by atoms with E-state index < -0.39 is 0 Å². The van der Waals surface area contributed by atoms with Crippen molar-refractivity contribution in [3.05, 3.63) is 58.9 Å². The molecule has 0 unspecified atom stereocenters. The van der Waals surface area contributed by atoms with E-state index in [1.165, 1.54) is 30.7 Å². The number of nitrogens with one attached hydrogen (secondary N) is 3. The number of benzene rings is 1. The molecular formula is C20H19FN6S. The van der Waals surface area contributed by atoms with Crippen molar-refractivity contribution in [2.75, 3.05) is 10.6 Å². The summed E-state index contributed by atoms with van der Waals surface area (Å²) in [6.45, 7) is 2.00. The van der Waals surface area contributed by atoms with Gasteiger partial charge in [-0.25, -0.2) is 9.37 Å². The third-order valence-electron chi connectivity index (χ3n) is 4.88. The number of anilines is 3. The Morgan fingerprint density at radius 1 is 1.18 bits per heavy atom. The van der Waals surface area contributed by atoms with Crippen LogP contribution in [0.1, 0.15) is 43.0 Å². The monoisotopic (exact) mass is 394 g/mol. The first-order chi connectivity index (χ1) is 13.7. The number of aromatic nitrogens is 4. The average Bonchev–Trinajstić information content (AvgIpc) is 3.24. The van der Waals surface area contributed by atoms with E-state index in [-0.39, 0.29) is 11.9 Å². The van der Waals surface area contributed by atoms with Crippen LogP contribution in [0.4, 0.5) is 22.0 Å². The lowest BCUT2D eigenvalue weighted by molar-refractivity contribution is 0.626. The molecule has 0 bridgehead atoms. The summed E-state index contributed by atoms with van der Waals surface area (Å²) in [7, 11) is 0. The SMILES string of the molecule is C[C@H](Nc1nc(Nc2cc(C3CC3)[nH]n2)c2sccc2n1)c1ccc(F)cc1. The van der Waals surface area contributed by atoms with Crippen molar-refractivity contribution in [1.29, 1.82) is 0 Å². The molecule has 3 aromatic heterocycles. The van der Waals surface area contributed by atoms with E-state index >= 15 is 0 Å². The molecule has 1 fully saturated rings. The first kappa shape index (κ1) is 17.1. The largest absolute Gasteiger partial charge is 0.348 e. The molecule has 0 saturated heterocycles. The highest BCUT2D eigenvalue weighted by molar-refractivity contribution is 7.17. The molecule has 1 aromatic carbocycles. The van der Waals surface area contributed by atoms with Crippen LogP contribution in [0.25, 0.3) is 10.2 Å². The van der Waals surface area contributed by atoms with Crippen LogP contribution in [0, 0.1) is 5.82 Å². The zero-order chi connectivity index (χ0) is 19.1. The van der Waals surface area contributed by atoms with Crippen LogP contribution in [-0.2, 0) is 0 Å². The van der Waals surface area contributed by atoms with Gasteiger partial charge in [-0.3, -0.25) is 5.10 Å². The molecule has 4 aromatic rings. The zero-order valence-electron chi connectivity index (χ0n) is 15.2. The van der Waals surface area contributed by atoms with Gasteiger partial charge in [-0.15, -0.1) is 11.3 Å². The van der Waals surface area contributed by atoms with Gasteiger partial charge in [0.25, 0.3) is 0 Å². The normalized spacial score (nSPS) is 14.9. The fraction of sp³-hybridized carbons (Fsp3) is 0.250. The van der Waals surface area contributed by atoms with Crippen molar-refractivity contribution < 1.29 is 4.39 Å². The van der Waals surface area contributed by atoms with Crippen LogP contribution >= 0.6 is 11.3 Å². The fourth-order valence-electron chi connectivity index (χ4n) is 3.17. The first-order valence-electron chi connectivity index (χ1n) is 9.25. The highest BCUT2D eigenvalue weighted by Crippen LogP contribution is 2.40. The molecule has 3 heterocycles. The number of hydrogen-bond donors (Lipinski definition) is 3. The molecule has 5 rings (SSSR count). The van der Waals surface area contributed by atoms with Crippen LogP contribution in [0.15, 0.2) is 41.8 Å². The predicted octanol–water partition coefficient (Wildman–Crippen LogP) is 5.35. The van der Waals surface area contributed by atoms with Crippen molar-refractivity contribution in [1.82, 2.24) is 20.2 Å². The van der Waals surface area contributed by atoms with E-state index in [0.29, 0.717) is 11.9 Å². The summed E-state index contributed by atoms with van der Waals surface area (Å²) in [4.78, 5) is 9.28. The smallest absolute Gasteiger partial charge is 0.225 e. The Labute approximate surface area is 165 Å². The van der Waals surface area contributed by atoms with E-state index in [1.54, 1.807) is 23.5 Å². The summed E-state index contributed by atoms with van der Waals surface area (Å²) < 4.78 is 14.2. The van der Waals surface area contributed by atoms with Gasteiger partial charge in [-0.1, -0.05) is 12.1 Å². The number of aromatic amines is 1. The lowest BCUT2D eigenvalue weighted by Crippen LogP contribution is -2.10. The van der Waals surface area contributed by atoms with Gasteiger partial charge < -0.3 is 10.6 Å². The van der Waals surface area contributed by atoms with E-state index in [4.69, 9.17) is 0 Å². The van der Waals surface area contributed by atoms with Gasteiger partial charge in [0.15, 0.2) is 11.6 Å². The van der Waals surface area contributed by atoms with Crippen LogP contribution < -0.4 is 10.6 Å². The standard InChI is InChI=1S/C20H19FN6S/c1-11(12-4-6-14(21)7-5-12)22-20-23-15-8-9-28-18(15)19(25-20)24-17-10-16(26-27-17)13-2-3-13/h4-11,13H,2-3H2,1H3,(H3,22,23,24,25,26,27)/t11-/m0/s1. The molecule has 0 spiro atoms. The summed E-state index contributed by atoms with van der Waals surface area (Å²) >= 11 is 1.59. The van der Waals surface area contributed by atoms with Crippen LogP contribution in [0.5, 0.6) is 0 Å². The van der Waals surface area contributed by atoms with Crippen molar-refractivity contribution in [3.8, 4) is 0 Å². The maximum absolute atomic E-state index is 13.2. The molecule has 1 saturated carbocycles. The fourth-order valence-corrected chi connectivity index (χ4v) is 3.94. The molecule has 142 valence electrons. The third-order valence-corrected chi connectivity index (χ3v) is 5.79. The Morgan fingerprint density at radius 2 is 2.00 bits per heavy atom. The van der Waals surface area contributed by atoms with Crippen LogP contribution in [0.3, 0.4) is 0 Å². The molecule has 28 heavy (non-hydrogen) atoms. The third kappa shape index (κ3) is 3.43. The second-order valence-electron chi connectivity index (χ2n) is 7.06. The van der Waals surface area contributed by atoms with E-state index in [0.717, 1.165) is 27.4 Å². The molecule has 6 nitrogen and oxygen atoms in total. The minimum absolute atomic E-state index is 0.0589. The van der Waals surface area contributed by atoms with Crippen molar-refractivity contribution in [2.24, 2.45) is 0 Å². The lowest BCUT2D eigenvalue weighted by Gasteiger charge is -2.15. The van der Waals surface area contributed by atoms with Gasteiger partial charge in [0.05, 0.1) is 16.3 Å². The summed E-state index contributed by atoms with van der Waals surface area (Å²) in [6.07, 6.45) is 2.44. The second kappa shape index (κ2) is 6.87. The van der Waals surface area contributed by atoms with Gasteiger partial charge in [-0.05, 0) is 48.9 Å². The van der Waals surface area contributed by atoms with E-state index in [1.807, 2.05) is 24.4 Å². The van der Waals surface area contributed by atoms with Gasteiger partial charge >= 0.3 is 0 Å². The minimum atomic E-state index is -0.247. The Hall–Kier alpha value is -3.00. The molecule has 1 atom stereocenters. The van der Waals surface area contributed by atoms with E-state index in [9.17, 15) is 4.39 Å². The number of fused-ring (bicyclic) bond motifs is 1. The van der Waals surface area contributed by atoms with E-state index in [2.05, 4.69) is 30.8 Å². The summed E-state index contributed by atoms with van der Waals surface area (Å²) in [5.74, 6) is 2.37. The number of rotatable bonds is 6. The molecular weight excluding hydrogens is 375 g/mol. The second-order valence-corrected chi connectivity index (χ2v) is 7.97. The van der Waals surface area contributed by atoms with Crippen molar-refractivity contribution >= 4 is 39.1 Å². The van der Waals surface area contributed by atoms with Crippen LogP contribution in [-0.4, -0.2) is 20.2 Å². The predicted molar refractivity (Wildman–Crippen MR) is 110 cm³/mol. The number of H-pyrrole nitrogens is 1. The topological polar surface area (TPSA) is 78.5 Å². The quantitative estimate of drug-likeness (QED) is 0.411. The molecule has 0 amide bonds. The number of thiophene rings is 1. The maximum Gasteiger partial charge on any atom is 0.225 e. The highest BCUT2D eigenvalue weighted by atomic mass is 32.1. The highest BCUT2D eigenvalue weighted by Gasteiger charge is 2.25. The van der Waals surface area contributed by atoms with Gasteiger partial charge in [0, 0.05) is 17.7 Å². The molecule has 3 N–H and O–H groups in total. The average molecular weight is 394 g/mol. The molecule has 8 heteroatoms. The number of halogens is 1. The molecule has 0 aliphatic heterocycles. The number of hydrogen-bond acceptors (Lipinski definition) is 6. The minimum Gasteiger partial charge on any atom is -0.348 e. The Bertz CT molecular complexity index is 1120. The van der Waals surface area contributed by atoms with Crippen molar-refractivity contribution in [2.45, 2.75) is 31.7 Å². The Balaban J connectivity index is 1.42. The van der Waals surface area contributed by atoms with Gasteiger partial charge in [0.1, 0.15) is 5.82 Å². The zero-order valence-corrected chi connectivity index (χ0v) is 16.1. The lowest BCUT2D eigenvalue weighted by atomic mass is 10.1. The molecule has 1 aliphatic rings. The van der Waals surface area contributed by atoms with Crippen molar-refractivity contribution in [3.63, 3.8) is 0 Å². The summed E-state index contributed by atoms with van der Waals surface area (Å²) in [5, 5.41) is 16.1. The first-order valence-corrected chi connectivity index (χ1v) is 10.1.